The quantitative estimate of drug-likeness (QED) is 0.730. The lowest BCUT2D eigenvalue weighted by atomic mass is 10.2. The highest BCUT2D eigenvalue weighted by molar-refractivity contribution is 6.36. The van der Waals surface area contributed by atoms with Gasteiger partial charge in [-0.25, -0.2) is 0 Å². The summed E-state index contributed by atoms with van der Waals surface area (Å²) in [7, 11) is 0. The standard InChI is InChI=1S/C20H23Cl2N3O/c1-15-5-4-6-17(23-15)14-25(12-11-24-9-2-3-10-24)20(26)18-8-7-16(21)13-19(18)22/h4-8,13H,2-3,9-12,14H2,1H3. The van der Waals surface area contributed by atoms with Gasteiger partial charge in [0.05, 0.1) is 22.8 Å². The van der Waals surface area contributed by atoms with E-state index in [1.165, 1.54) is 12.8 Å². The summed E-state index contributed by atoms with van der Waals surface area (Å²) in [5.74, 6) is -0.0887. The maximum Gasteiger partial charge on any atom is 0.255 e. The number of carbonyl (C=O) groups is 1. The number of halogens is 2. The van der Waals surface area contributed by atoms with Crippen molar-refractivity contribution < 1.29 is 4.79 Å². The monoisotopic (exact) mass is 391 g/mol. The Kier molecular flexibility index (Phi) is 6.52. The van der Waals surface area contributed by atoms with Crippen LogP contribution in [-0.4, -0.2) is 46.9 Å². The first-order chi connectivity index (χ1) is 12.5. The predicted octanol–water partition coefficient (Wildman–Crippen LogP) is 4.44. The van der Waals surface area contributed by atoms with E-state index in [1.54, 1.807) is 18.2 Å². The molecule has 1 aromatic heterocycles. The summed E-state index contributed by atoms with van der Waals surface area (Å²) in [4.78, 5) is 21.9. The highest BCUT2D eigenvalue weighted by Gasteiger charge is 2.21. The Bertz CT molecular complexity index is 775. The third kappa shape index (κ3) is 4.97. The molecule has 26 heavy (non-hydrogen) atoms. The van der Waals surface area contributed by atoms with Crippen molar-refractivity contribution in [2.24, 2.45) is 0 Å². The Hall–Kier alpha value is -1.62. The lowest BCUT2D eigenvalue weighted by Crippen LogP contribution is -2.38. The first-order valence-electron chi connectivity index (χ1n) is 8.92. The van der Waals surface area contributed by atoms with E-state index in [1.807, 2.05) is 30.0 Å². The van der Waals surface area contributed by atoms with Gasteiger partial charge in [-0.15, -0.1) is 0 Å². The van der Waals surface area contributed by atoms with Crippen LogP contribution in [0.3, 0.4) is 0 Å². The maximum absolute atomic E-state index is 13.1. The van der Waals surface area contributed by atoms with Gasteiger partial charge >= 0.3 is 0 Å². The first kappa shape index (κ1) is 19.2. The maximum atomic E-state index is 13.1. The molecule has 1 aliphatic heterocycles. The van der Waals surface area contributed by atoms with E-state index in [4.69, 9.17) is 23.2 Å². The topological polar surface area (TPSA) is 36.4 Å². The molecule has 4 nitrogen and oxygen atoms in total. The summed E-state index contributed by atoms with van der Waals surface area (Å²) in [6, 6.07) is 10.9. The van der Waals surface area contributed by atoms with Crippen molar-refractivity contribution >= 4 is 29.1 Å². The van der Waals surface area contributed by atoms with Crippen molar-refractivity contribution in [1.29, 1.82) is 0 Å². The van der Waals surface area contributed by atoms with E-state index in [2.05, 4.69) is 9.88 Å². The number of benzene rings is 1. The van der Waals surface area contributed by atoms with E-state index in [-0.39, 0.29) is 5.91 Å². The number of carbonyl (C=O) groups excluding carboxylic acids is 1. The van der Waals surface area contributed by atoms with Gasteiger partial charge in [0, 0.05) is 23.8 Å². The van der Waals surface area contributed by atoms with Crippen molar-refractivity contribution in [2.75, 3.05) is 26.2 Å². The summed E-state index contributed by atoms with van der Waals surface area (Å²) >= 11 is 12.2. The van der Waals surface area contributed by atoms with E-state index >= 15 is 0 Å². The van der Waals surface area contributed by atoms with Gasteiger partial charge in [0.1, 0.15) is 0 Å². The van der Waals surface area contributed by atoms with Crippen LogP contribution in [0.15, 0.2) is 36.4 Å². The van der Waals surface area contributed by atoms with Gasteiger partial charge in [-0.3, -0.25) is 9.78 Å². The number of nitrogens with zero attached hydrogens (tertiary/aromatic N) is 3. The van der Waals surface area contributed by atoms with Gasteiger partial charge < -0.3 is 9.80 Å². The van der Waals surface area contributed by atoms with E-state index < -0.39 is 0 Å². The van der Waals surface area contributed by atoms with Crippen molar-refractivity contribution in [3.63, 3.8) is 0 Å². The average molecular weight is 392 g/mol. The summed E-state index contributed by atoms with van der Waals surface area (Å²) < 4.78 is 0. The minimum atomic E-state index is -0.0887. The number of hydrogen-bond acceptors (Lipinski definition) is 3. The lowest BCUT2D eigenvalue weighted by Gasteiger charge is -2.26. The molecular formula is C20H23Cl2N3O. The molecule has 1 aliphatic rings. The number of rotatable bonds is 6. The van der Waals surface area contributed by atoms with Crippen LogP contribution in [-0.2, 0) is 6.54 Å². The van der Waals surface area contributed by atoms with Crippen LogP contribution in [0.4, 0.5) is 0 Å². The number of likely N-dealkylation sites (tertiary alicyclic amines) is 1. The Morgan fingerprint density at radius 1 is 1.19 bits per heavy atom. The molecule has 1 aromatic carbocycles. The van der Waals surface area contributed by atoms with Gasteiger partial charge in [-0.1, -0.05) is 29.3 Å². The molecule has 2 aromatic rings. The van der Waals surface area contributed by atoms with Crippen molar-refractivity contribution in [1.82, 2.24) is 14.8 Å². The number of aromatic nitrogens is 1. The summed E-state index contributed by atoms with van der Waals surface area (Å²) in [6.45, 7) is 6.14. The normalized spacial score (nSPS) is 14.6. The smallest absolute Gasteiger partial charge is 0.255 e. The molecule has 0 atom stereocenters. The van der Waals surface area contributed by atoms with Crippen LogP contribution < -0.4 is 0 Å². The molecule has 0 saturated carbocycles. The molecule has 2 heterocycles. The lowest BCUT2D eigenvalue weighted by molar-refractivity contribution is 0.0725. The van der Waals surface area contributed by atoms with Gasteiger partial charge in [0.2, 0.25) is 0 Å². The van der Waals surface area contributed by atoms with Crippen LogP contribution in [0.1, 0.15) is 34.6 Å². The molecule has 138 valence electrons. The average Bonchev–Trinajstić information content (AvgIpc) is 3.11. The Balaban J connectivity index is 1.79. The number of hydrogen-bond donors (Lipinski definition) is 0. The van der Waals surface area contributed by atoms with E-state index in [0.29, 0.717) is 28.7 Å². The molecule has 0 unspecified atom stereocenters. The zero-order chi connectivity index (χ0) is 18.5. The second-order valence-corrected chi connectivity index (χ2v) is 7.51. The van der Waals surface area contributed by atoms with Crippen LogP contribution in [0.25, 0.3) is 0 Å². The van der Waals surface area contributed by atoms with Gasteiger partial charge in [0.15, 0.2) is 0 Å². The van der Waals surface area contributed by atoms with Crippen molar-refractivity contribution in [3.05, 3.63) is 63.4 Å². The van der Waals surface area contributed by atoms with Gasteiger partial charge in [0.25, 0.3) is 5.91 Å². The van der Waals surface area contributed by atoms with Crippen LogP contribution in [0.2, 0.25) is 10.0 Å². The zero-order valence-corrected chi connectivity index (χ0v) is 16.4. The Morgan fingerprint density at radius 2 is 1.96 bits per heavy atom. The summed E-state index contributed by atoms with van der Waals surface area (Å²) in [5, 5.41) is 0.904. The van der Waals surface area contributed by atoms with Crippen molar-refractivity contribution in [3.8, 4) is 0 Å². The molecule has 0 bridgehead atoms. The largest absolute Gasteiger partial charge is 0.331 e. The molecular weight excluding hydrogens is 369 g/mol. The van der Waals surface area contributed by atoms with E-state index in [9.17, 15) is 4.79 Å². The molecule has 0 N–H and O–H groups in total. The molecule has 1 saturated heterocycles. The number of amides is 1. The molecule has 1 fully saturated rings. The Morgan fingerprint density at radius 3 is 2.65 bits per heavy atom. The highest BCUT2D eigenvalue weighted by Crippen LogP contribution is 2.23. The molecule has 1 amide bonds. The fraction of sp³-hybridized carbons (Fsp3) is 0.400. The van der Waals surface area contributed by atoms with Gasteiger partial charge in [-0.2, -0.15) is 0 Å². The third-order valence-corrected chi connectivity index (χ3v) is 5.18. The first-order valence-corrected chi connectivity index (χ1v) is 9.68. The number of aryl methyl sites for hydroxylation is 1. The molecule has 6 heteroatoms. The van der Waals surface area contributed by atoms with Crippen LogP contribution >= 0.6 is 23.2 Å². The minimum Gasteiger partial charge on any atom is -0.331 e. The Labute approximate surface area is 164 Å². The van der Waals surface area contributed by atoms with Crippen molar-refractivity contribution in [2.45, 2.75) is 26.3 Å². The summed E-state index contributed by atoms with van der Waals surface area (Å²) in [6.07, 6.45) is 2.47. The second kappa shape index (κ2) is 8.85. The number of pyridine rings is 1. The second-order valence-electron chi connectivity index (χ2n) is 6.67. The molecule has 0 aliphatic carbocycles. The molecule has 0 radical (unpaired) electrons. The predicted molar refractivity (Wildman–Crippen MR) is 106 cm³/mol. The third-order valence-electron chi connectivity index (χ3n) is 4.63. The molecule has 0 spiro atoms. The van der Waals surface area contributed by atoms with Crippen LogP contribution in [0.5, 0.6) is 0 Å². The highest BCUT2D eigenvalue weighted by atomic mass is 35.5. The van der Waals surface area contributed by atoms with E-state index in [0.717, 1.165) is 31.0 Å². The minimum absolute atomic E-state index is 0.0887. The van der Waals surface area contributed by atoms with Gasteiger partial charge in [-0.05, 0) is 63.2 Å². The van der Waals surface area contributed by atoms with Crippen LogP contribution in [0, 0.1) is 6.92 Å². The SMILES string of the molecule is Cc1cccc(CN(CCN2CCCC2)C(=O)c2ccc(Cl)cc2Cl)n1. The zero-order valence-electron chi connectivity index (χ0n) is 14.9. The fourth-order valence-corrected chi connectivity index (χ4v) is 3.73. The molecule has 3 rings (SSSR count). The summed E-state index contributed by atoms with van der Waals surface area (Å²) in [5.41, 5.74) is 2.30. The fourth-order valence-electron chi connectivity index (χ4n) is 3.24.